The highest BCUT2D eigenvalue weighted by molar-refractivity contribution is 6.66. The minimum atomic E-state index is -1.56. The van der Waals surface area contributed by atoms with E-state index in [2.05, 4.69) is 78.9 Å². The Balaban J connectivity index is 1.55. The summed E-state index contributed by atoms with van der Waals surface area (Å²) in [4.78, 5) is 0. The molecule has 0 amide bonds. The third-order valence-electron chi connectivity index (χ3n) is 6.48. The van der Waals surface area contributed by atoms with E-state index in [9.17, 15) is 10.0 Å². The van der Waals surface area contributed by atoms with E-state index in [-0.39, 0.29) is 0 Å². The van der Waals surface area contributed by atoms with Crippen LogP contribution in [0.15, 0.2) is 115 Å². The average Bonchev–Trinajstić information content (AvgIpc) is 2.86. The molecule has 2 N–H and O–H groups in total. The molecule has 0 radical (unpaired) electrons. The number of hydrogen-bond donors (Lipinski definition) is 2. The zero-order valence-corrected chi connectivity index (χ0v) is 17.9. The van der Waals surface area contributed by atoms with Gasteiger partial charge in [-0.1, -0.05) is 109 Å². The molecule has 3 heteroatoms. The standard InChI is InChI=1S/C30H21BO2/c32-31(33)30-28-12-4-2-8-23(28)19-24-10-6-14-27(29(24)30)22-17-15-21(16-18-22)26-13-5-9-20-7-1-3-11-25(20)26/h1-19,32-33H. The fraction of sp³-hybridized carbons (Fsp3) is 0. The van der Waals surface area contributed by atoms with E-state index in [0.717, 1.165) is 38.2 Å². The second-order valence-corrected chi connectivity index (χ2v) is 8.39. The summed E-state index contributed by atoms with van der Waals surface area (Å²) in [5.41, 5.74) is 4.95. The van der Waals surface area contributed by atoms with E-state index >= 15 is 0 Å². The van der Waals surface area contributed by atoms with Crippen molar-refractivity contribution in [2.24, 2.45) is 0 Å². The molecule has 6 aromatic rings. The van der Waals surface area contributed by atoms with Crippen molar-refractivity contribution in [3.05, 3.63) is 115 Å². The number of rotatable bonds is 3. The van der Waals surface area contributed by atoms with Crippen molar-refractivity contribution in [1.29, 1.82) is 0 Å². The maximum absolute atomic E-state index is 10.3. The molecule has 6 rings (SSSR count). The Labute approximate surface area is 192 Å². The van der Waals surface area contributed by atoms with Crippen LogP contribution in [0.5, 0.6) is 0 Å². The minimum absolute atomic E-state index is 0.553. The molecular formula is C30H21BO2. The van der Waals surface area contributed by atoms with Gasteiger partial charge < -0.3 is 10.0 Å². The van der Waals surface area contributed by atoms with Gasteiger partial charge in [-0.25, -0.2) is 0 Å². The Bertz CT molecular complexity index is 1630. The van der Waals surface area contributed by atoms with E-state index < -0.39 is 7.12 Å². The van der Waals surface area contributed by atoms with Gasteiger partial charge in [0, 0.05) is 0 Å². The molecule has 0 spiro atoms. The van der Waals surface area contributed by atoms with Crippen LogP contribution in [0.3, 0.4) is 0 Å². The molecule has 0 saturated carbocycles. The van der Waals surface area contributed by atoms with Gasteiger partial charge in [0.15, 0.2) is 0 Å². The SMILES string of the molecule is OB(O)c1c2ccccc2cc2cccc(-c3ccc(-c4cccc5ccccc45)cc3)c12. The zero-order chi connectivity index (χ0) is 22.4. The molecular weight excluding hydrogens is 403 g/mol. The smallest absolute Gasteiger partial charge is 0.423 e. The first-order valence-corrected chi connectivity index (χ1v) is 11.1. The van der Waals surface area contributed by atoms with Gasteiger partial charge in [0.1, 0.15) is 0 Å². The van der Waals surface area contributed by atoms with E-state index in [1.807, 2.05) is 36.4 Å². The van der Waals surface area contributed by atoms with Crippen molar-refractivity contribution in [1.82, 2.24) is 0 Å². The lowest BCUT2D eigenvalue weighted by Gasteiger charge is -2.15. The van der Waals surface area contributed by atoms with E-state index in [1.54, 1.807) is 0 Å². The summed E-state index contributed by atoms with van der Waals surface area (Å²) >= 11 is 0. The molecule has 0 bridgehead atoms. The Kier molecular flexibility index (Phi) is 4.72. The lowest BCUT2D eigenvalue weighted by molar-refractivity contribution is 0.426. The Morgan fingerprint density at radius 3 is 1.73 bits per heavy atom. The first-order valence-electron chi connectivity index (χ1n) is 11.1. The largest absolute Gasteiger partial charge is 0.489 e. The maximum atomic E-state index is 10.3. The molecule has 0 heterocycles. The molecule has 33 heavy (non-hydrogen) atoms. The van der Waals surface area contributed by atoms with Crippen LogP contribution in [0.4, 0.5) is 0 Å². The van der Waals surface area contributed by atoms with Crippen LogP contribution in [0, 0.1) is 0 Å². The first-order chi connectivity index (χ1) is 16.2. The molecule has 0 aromatic heterocycles. The van der Waals surface area contributed by atoms with Gasteiger partial charge in [-0.15, -0.1) is 0 Å². The molecule has 0 atom stereocenters. The zero-order valence-electron chi connectivity index (χ0n) is 17.9. The monoisotopic (exact) mass is 424 g/mol. The van der Waals surface area contributed by atoms with E-state index in [1.165, 1.54) is 16.3 Å². The van der Waals surface area contributed by atoms with Crippen LogP contribution in [-0.4, -0.2) is 17.2 Å². The first kappa shape index (κ1) is 19.7. The van der Waals surface area contributed by atoms with Crippen LogP contribution in [-0.2, 0) is 0 Å². The van der Waals surface area contributed by atoms with Gasteiger partial charge in [0.2, 0.25) is 0 Å². The fourth-order valence-electron chi connectivity index (χ4n) is 4.98. The second-order valence-electron chi connectivity index (χ2n) is 8.39. The summed E-state index contributed by atoms with van der Waals surface area (Å²) in [6.07, 6.45) is 0. The Hall–Kier alpha value is -3.92. The van der Waals surface area contributed by atoms with Gasteiger partial charge in [0.05, 0.1) is 0 Å². The van der Waals surface area contributed by atoms with Gasteiger partial charge in [-0.3, -0.25) is 0 Å². The fourth-order valence-corrected chi connectivity index (χ4v) is 4.98. The van der Waals surface area contributed by atoms with Crippen molar-refractivity contribution in [2.45, 2.75) is 0 Å². The maximum Gasteiger partial charge on any atom is 0.489 e. The van der Waals surface area contributed by atoms with E-state index in [4.69, 9.17) is 0 Å². The number of fused-ring (bicyclic) bond motifs is 3. The topological polar surface area (TPSA) is 40.5 Å². The summed E-state index contributed by atoms with van der Waals surface area (Å²) in [6.45, 7) is 0. The molecule has 0 aliphatic carbocycles. The Morgan fingerprint density at radius 2 is 1.00 bits per heavy atom. The highest BCUT2D eigenvalue weighted by Gasteiger charge is 2.21. The molecule has 6 aromatic carbocycles. The third-order valence-corrected chi connectivity index (χ3v) is 6.48. The summed E-state index contributed by atoms with van der Waals surface area (Å²) in [5, 5.41) is 26.9. The minimum Gasteiger partial charge on any atom is -0.423 e. The molecule has 0 aliphatic rings. The van der Waals surface area contributed by atoms with Crippen molar-refractivity contribution in [3.63, 3.8) is 0 Å². The van der Waals surface area contributed by atoms with Crippen LogP contribution < -0.4 is 5.46 Å². The normalized spacial score (nSPS) is 11.3. The van der Waals surface area contributed by atoms with Crippen LogP contribution in [0.2, 0.25) is 0 Å². The van der Waals surface area contributed by atoms with Crippen LogP contribution in [0.25, 0.3) is 54.6 Å². The Morgan fingerprint density at radius 1 is 0.455 bits per heavy atom. The molecule has 0 unspecified atom stereocenters. The van der Waals surface area contributed by atoms with Gasteiger partial charge >= 0.3 is 7.12 Å². The molecule has 0 saturated heterocycles. The van der Waals surface area contributed by atoms with Crippen LogP contribution in [0.1, 0.15) is 0 Å². The van der Waals surface area contributed by atoms with Crippen LogP contribution >= 0.6 is 0 Å². The summed E-state index contributed by atoms with van der Waals surface area (Å²) < 4.78 is 0. The van der Waals surface area contributed by atoms with Crippen molar-refractivity contribution in [3.8, 4) is 22.3 Å². The predicted octanol–water partition coefficient (Wildman–Crippen LogP) is 6.16. The van der Waals surface area contributed by atoms with Gasteiger partial charge in [-0.2, -0.15) is 0 Å². The summed E-state index contributed by atoms with van der Waals surface area (Å²) in [5.74, 6) is 0. The molecule has 0 aliphatic heterocycles. The van der Waals surface area contributed by atoms with Crippen molar-refractivity contribution in [2.75, 3.05) is 0 Å². The highest BCUT2D eigenvalue weighted by atomic mass is 16.4. The molecule has 156 valence electrons. The average molecular weight is 424 g/mol. The lowest BCUT2D eigenvalue weighted by Crippen LogP contribution is -2.31. The van der Waals surface area contributed by atoms with Crippen molar-refractivity contribution < 1.29 is 10.0 Å². The summed E-state index contributed by atoms with van der Waals surface area (Å²) in [6, 6.07) is 39.4. The van der Waals surface area contributed by atoms with E-state index in [0.29, 0.717) is 5.46 Å². The van der Waals surface area contributed by atoms with Gasteiger partial charge in [0.25, 0.3) is 0 Å². The summed E-state index contributed by atoms with van der Waals surface area (Å²) in [7, 11) is -1.56. The predicted molar refractivity (Wildman–Crippen MR) is 140 cm³/mol. The lowest BCUT2D eigenvalue weighted by atomic mass is 9.72. The highest BCUT2D eigenvalue weighted by Crippen LogP contribution is 2.34. The quantitative estimate of drug-likeness (QED) is 0.264. The van der Waals surface area contributed by atoms with Gasteiger partial charge in [-0.05, 0) is 66.1 Å². The number of hydrogen-bond acceptors (Lipinski definition) is 2. The second kappa shape index (κ2) is 7.89. The number of benzene rings is 6. The third kappa shape index (κ3) is 3.30. The molecule has 0 fully saturated rings. The van der Waals surface area contributed by atoms with Crippen molar-refractivity contribution >= 4 is 44.9 Å². The molecule has 2 nitrogen and oxygen atoms in total.